The summed E-state index contributed by atoms with van der Waals surface area (Å²) in [6.45, 7) is 2.15. The normalized spacial score (nSPS) is 11.2. The lowest BCUT2D eigenvalue weighted by molar-refractivity contribution is 0.312. The van der Waals surface area contributed by atoms with Crippen molar-refractivity contribution in [3.63, 3.8) is 0 Å². The summed E-state index contributed by atoms with van der Waals surface area (Å²) in [6, 6.07) is 2.70. The molecular weight excluding hydrogens is 316 g/mol. The first-order valence-electron chi connectivity index (χ1n) is 6.28. The van der Waals surface area contributed by atoms with Crippen LogP contribution in [-0.4, -0.2) is 25.0 Å². The molecule has 2 aromatic rings. The van der Waals surface area contributed by atoms with Gasteiger partial charge in [0, 0.05) is 6.07 Å². The molecule has 0 aliphatic heterocycles. The van der Waals surface area contributed by atoms with Crippen LogP contribution in [0.15, 0.2) is 30.6 Å². The number of nitrogens with one attached hydrogen (secondary N) is 1. The molecule has 0 amide bonds. The van der Waals surface area contributed by atoms with Crippen LogP contribution in [0.3, 0.4) is 0 Å². The van der Waals surface area contributed by atoms with Crippen molar-refractivity contribution in [1.82, 2.24) is 9.97 Å². The predicted molar refractivity (Wildman–Crippen MR) is 75.8 cm³/mol. The summed E-state index contributed by atoms with van der Waals surface area (Å²) in [6.07, 6.45) is 2.48. The number of rotatable bonds is 6. The molecule has 0 saturated heterocycles. The molecule has 0 bridgehead atoms. The Kier molecular flexibility index (Phi) is 4.86. The summed E-state index contributed by atoms with van der Waals surface area (Å²) < 4.78 is 57.3. The van der Waals surface area contributed by atoms with E-state index in [1.165, 1.54) is 12.4 Å². The van der Waals surface area contributed by atoms with E-state index < -0.39 is 27.4 Å². The first kappa shape index (κ1) is 16.1. The SMILES string of the molecule is CCOc1ncc(NS(=O)(=O)Cc2cc(F)cc(F)c2)cn1. The minimum atomic E-state index is -3.85. The minimum absolute atomic E-state index is 0.00291. The van der Waals surface area contributed by atoms with Gasteiger partial charge in [-0.05, 0) is 24.6 Å². The smallest absolute Gasteiger partial charge is 0.316 e. The summed E-state index contributed by atoms with van der Waals surface area (Å²) in [7, 11) is -3.85. The van der Waals surface area contributed by atoms with Gasteiger partial charge in [-0.1, -0.05) is 0 Å². The van der Waals surface area contributed by atoms with Gasteiger partial charge in [0.25, 0.3) is 0 Å². The maximum atomic E-state index is 13.1. The fraction of sp³-hybridized carbons (Fsp3) is 0.231. The average Bonchev–Trinajstić information content (AvgIpc) is 2.39. The number of hydrogen-bond donors (Lipinski definition) is 1. The van der Waals surface area contributed by atoms with Crippen LogP contribution in [0.4, 0.5) is 14.5 Å². The van der Waals surface area contributed by atoms with E-state index in [1.54, 1.807) is 6.92 Å². The third-order valence-electron chi connectivity index (χ3n) is 2.45. The third kappa shape index (κ3) is 4.62. The topological polar surface area (TPSA) is 81.2 Å². The van der Waals surface area contributed by atoms with Crippen LogP contribution in [0.1, 0.15) is 12.5 Å². The first-order valence-corrected chi connectivity index (χ1v) is 7.93. The van der Waals surface area contributed by atoms with Crippen molar-refractivity contribution in [2.45, 2.75) is 12.7 Å². The zero-order valence-electron chi connectivity index (χ0n) is 11.6. The van der Waals surface area contributed by atoms with Crippen molar-refractivity contribution in [3.05, 3.63) is 47.8 Å². The van der Waals surface area contributed by atoms with Gasteiger partial charge in [0.1, 0.15) is 11.6 Å². The van der Waals surface area contributed by atoms with E-state index in [1.807, 2.05) is 0 Å². The van der Waals surface area contributed by atoms with E-state index in [2.05, 4.69) is 14.7 Å². The van der Waals surface area contributed by atoms with Crippen LogP contribution in [0.5, 0.6) is 6.01 Å². The lowest BCUT2D eigenvalue weighted by Gasteiger charge is -2.08. The molecule has 1 aromatic heterocycles. The number of nitrogens with zero attached hydrogens (tertiary/aromatic N) is 2. The summed E-state index contributed by atoms with van der Waals surface area (Å²) in [5.74, 6) is -2.25. The number of ether oxygens (including phenoxy) is 1. The highest BCUT2D eigenvalue weighted by atomic mass is 32.2. The molecule has 0 unspecified atom stereocenters. The predicted octanol–water partition coefficient (Wildman–Crippen LogP) is 2.10. The van der Waals surface area contributed by atoms with E-state index in [0.717, 1.165) is 12.1 Å². The lowest BCUT2D eigenvalue weighted by Crippen LogP contribution is -2.15. The van der Waals surface area contributed by atoms with Crippen molar-refractivity contribution in [3.8, 4) is 6.01 Å². The standard InChI is InChI=1S/C13H13F2N3O3S/c1-2-21-13-16-6-12(7-17-13)18-22(19,20)8-9-3-10(14)5-11(15)4-9/h3-7,18H,2,8H2,1H3. The quantitative estimate of drug-likeness (QED) is 0.878. The van der Waals surface area contributed by atoms with Crippen molar-refractivity contribution in [1.29, 1.82) is 0 Å². The third-order valence-corrected chi connectivity index (χ3v) is 3.71. The number of aromatic nitrogens is 2. The molecule has 9 heteroatoms. The summed E-state index contributed by atoms with van der Waals surface area (Å²) >= 11 is 0. The highest BCUT2D eigenvalue weighted by molar-refractivity contribution is 7.91. The maximum absolute atomic E-state index is 13.1. The van der Waals surface area contributed by atoms with Gasteiger partial charge in [0.05, 0.1) is 30.4 Å². The maximum Gasteiger partial charge on any atom is 0.316 e. The van der Waals surface area contributed by atoms with Crippen LogP contribution in [0, 0.1) is 11.6 Å². The van der Waals surface area contributed by atoms with Crippen LogP contribution >= 0.6 is 0 Å². The molecule has 22 heavy (non-hydrogen) atoms. The van der Waals surface area contributed by atoms with Gasteiger partial charge in [-0.2, -0.15) is 0 Å². The highest BCUT2D eigenvalue weighted by Gasteiger charge is 2.14. The van der Waals surface area contributed by atoms with Crippen molar-refractivity contribution in [2.75, 3.05) is 11.3 Å². The van der Waals surface area contributed by atoms with E-state index in [0.29, 0.717) is 12.7 Å². The van der Waals surface area contributed by atoms with Crippen molar-refractivity contribution < 1.29 is 21.9 Å². The fourth-order valence-electron chi connectivity index (χ4n) is 1.70. The second-order valence-electron chi connectivity index (χ2n) is 4.33. The zero-order chi connectivity index (χ0) is 16.2. The van der Waals surface area contributed by atoms with Crippen molar-refractivity contribution >= 4 is 15.7 Å². The summed E-state index contributed by atoms with van der Waals surface area (Å²) in [4.78, 5) is 7.62. The summed E-state index contributed by atoms with van der Waals surface area (Å²) in [5, 5.41) is 0. The Balaban J connectivity index is 2.10. The van der Waals surface area contributed by atoms with Crippen molar-refractivity contribution in [2.24, 2.45) is 0 Å². The molecule has 1 N–H and O–H groups in total. The van der Waals surface area contributed by atoms with Crippen LogP contribution in [0.25, 0.3) is 0 Å². The molecule has 0 saturated carbocycles. The largest absolute Gasteiger partial charge is 0.464 e. The second kappa shape index (κ2) is 6.65. The molecule has 0 atom stereocenters. The number of anilines is 1. The second-order valence-corrected chi connectivity index (χ2v) is 6.05. The Morgan fingerprint density at radius 2 is 1.73 bits per heavy atom. The Hall–Kier alpha value is -2.29. The Morgan fingerprint density at radius 3 is 2.27 bits per heavy atom. The molecule has 0 spiro atoms. The molecule has 118 valence electrons. The Bertz CT molecular complexity index is 731. The van der Waals surface area contributed by atoms with Crippen LogP contribution < -0.4 is 9.46 Å². The van der Waals surface area contributed by atoms with Gasteiger partial charge in [-0.3, -0.25) is 4.72 Å². The van der Waals surface area contributed by atoms with Gasteiger partial charge in [0.15, 0.2) is 0 Å². The van der Waals surface area contributed by atoms with Gasteiger partial charge in [-0.25, -0.2) is 27.2 Å². The average molecular weight is 329 g/mol. The molecule has 1 heterocycles. The van der Waals surface area contributed by atoms with E-state index in [9.17, 15) is 17.2 Å². The number of hydrogen-bond acceptors (Lipinski definition) is 5. The molecule has 0 aliphatic carbocycles. The van der Waals surface area contributed by atoms with E-state index in [4.69, 9.17) is 4.74 Å². The Morgan fingerprint density at radius 1 is 1.14 bits per heavy atom. The van der Waals surface area contributed by atoms with Crippen LogP contribution in [-0.2, 0) is 15.8 Å². The molecule has 2 rings (SSSR count). The molecule has 1 aromatic carbocycles. The Labute approximate surface area is 126 Å². The monoisotopic (exact) mass is 329 g/mol. The molecule has 0 radical (unpaired) electrons. The number of halogens is 2. The first-order chi connectivity index (χ1) is 10.4. The number of sulfonamides is 1. The molecule has 6 nitrogen and oxygen atoms in total. The van der Waals surface area contributed by atoms with Gasteiger partial charge >= 0.3 is 6.01 Å². The fourth-order valence-corrected chi connectivity index (χ4v) is 2.84. The zero-order valence-corrected chi connectivity index (χ0v) is 12.4. The van der Waals surface area contributed by atoms with E-state index >= 15 is 0 Å². The van der Waals surface area contributed by atoms with Gasteiger partial charge < -0.3 is 4.74 Å². The number of benzene rings is 1. The van der Waals surface area contributed by atoms with E-state index in [-0.39, 0.29) is 17.3 Å². The van der Waals surface area contributed by atoms with Gasteiger partial charge in [0.2, 0.25) is 10.0 Å². The van der Waals surface area contributed by atoms with Gasteiger partial charge in [-0.15, -0.1) is 0 Å². The molecule has 0 aliphatic rings. The van der Waals surface area contributed by atoms with Crippen LogP contribution in [0.2, 0.25) is 0 Å². The molecule has 0 fully saturated rings. The minimum Gasteiger partial charge on any atom is -0.464 e. The summed E-state index contributed by atoms with van der Waals surface area (Å²) in [5.41, 5.74) is 0.122. The lowest BCUT2D eigenvalue weighted by atomic mass is 10.2. The molecular formula is C13H13F2N3O3S. The highest BCUT2D eigenvalue weighted by Crippen LogP contribution is 2.14.